The van der Waals surface area contributed by atoms with Crippen molar-refractivity contribution in [1.82, 2.24) is 19.5 Å². The van der Waals surface area contributed by atoms with Gasteiger partial charge in [-0.2, -0.15) is 4.98 Å². The lowest BCUT2D eigenvalue weighted by atomic mass is 10.1. The first-order valence-electron chi connectivity index (χ1n) is 10.9. The van der Waals surface area contributed by atoms with Crippen molar-refractivity contribution < 1.29 is 14.4 Å². The molecule has 0 aliphatic heterocycles. The molecule has 2 saturated carbocycles. The number of carbonyl (C=O) groups excluding carboxylic acids is 1. The molecule has 1 amide bonds. The van der Waals surface area contributed by atoms with Crippen LogP contribution in [0.2, 0.25) is 0 Å². The number of anilines is 1. The summed E-state index contributed by atoms with van der Waals surface area (Å²) in [5, 5.41) is 15.3. The number of carbonyl (C=O) groups is 1. The lowest BCUT2D eigenvalue weighted by Gasteiger charge is -2.09. The van der Waals surface area contributed by atoms with E-state index in [1.807, 2.05) is 49.5 Å². The lowest BCUT2D eigenvalue weighted by Crippen LogP contribution is -2.15. The van der Waals surface area contributed by atoms with Crippen LogP contribution < -0.4 is 5.32 Å². The van der Waals surface area contributed by atoms with Crippen molar-refractivity contribution in [3.8, 4) is 11.4 Å². The number of imidazole rings is 1. The minimum absolute atomic E-state index is 0. The molecule has 0 bridgehead atoms. The predicted molar refractivity (Wildman–Crippen MR) is 126 cm³/mol. The van der Waals surface area contributed by atoms with E-state index in [1.165, 1.54) is 12.8 Å². The Hall–Kier alpha value is -3.52. The summed E-state index contributed by atoms with van der Waals surface area (Å²) in [4.78, 5) is 21.5. The third-order valence-electron chi connectivity index (χ3n) is 5.72. The zero-order valence-corrected chi connectivity index (χ0v) is 17.9. The highest BCUT2D eigenvalue weighted by Crippen LogP contribution is 2.39. The summed E-state index contributed by atoms with van der Waals surface area (Å²) in [6, 6.07) is 11.4. The van der Waals surface area contributed by atoms with Crippen molar-refractivity contribution in [2.24, 2.45) is 5.92 Å². The van der Waals surface area contributed by atoms with Gasteiger partial charge in [-0.15, -0.1) is 0 Å². The molecule has 2 N–H and O–H groups in total. The maximum Gasteiger partial charge on any atom is 0.274 e. The smallest absolute Gasteiger partial charge is 0.274 e. The molecule has 8 nitrogen and oxygen atoms in total. The van der Waals surface area contributed by atoms with Crippen LogP contribution in [-0.4, -0.2) is 37.1 Å². The monoisotopic (exact) mass is 447 g/mol. The van der Waals surface area contributed by atoms with Crippen LogP contribution in [0.5, 0.6) is 0 Å². The van der Waals surface area contributed by atoms with Gasteiger partial charge in [0, 0.05) is 30.0 Å². The van der Waals surface area contributed by atoms with Crippen molar-refractivity contribution in [3.63, 3.8) is 0 Å². The van der Waals surface area contributed by atoms with Crippen LogP contribution in [0.3, 0.4) is 0 Å². The van der Waals surface area contributed by atoms with E-state index in [2.05, 4.69) is 20.4 Å². The molecule has 4 aromatic rings. The SMILES string of the molecule is C.Cc1ccc(-c2noc(C3CC3)n2)cc1NC(=O)c1cnc2ccccn12.OCC1CC1. The second kappa shape index (κ2) is 9.54. The third kappa shape index (κ3) is 5.12. The van der Waals surface area contributed by atoms with Gasteiger partial charge < -0.3 is 14.9 Å². The topological polar surface area (TPSA) is 106 Å². The fourth-order valence-corrected chi connectivity index (χ4v) is 3.33. The van der Waals surface area contributed by atoms with Gasteiger partial charge in [-0.1, -0.05) is 30.8 Å². The molecule has 172 valence electrons. The molecule has 8 heteroatoms. The van der Waals surface area contributed by atoms with Crippen molar-refractivity contribution in [2.45, 2.75) is 46.0 Å². The molecule has 0 spiro atoms. The largest absolute Gasteiger partial charge is 0.396 e. The van der Waals surface area contributed by atoms with Crippen LogP contribution in [0, 0.1) is 12.8 Å². The standard InChI is InChI=1S/C20H17N5O2.C4H8O.CH4/c1-12-5-6-14(18-23-20(27-24-18)13-7-8-13)10-15(12)22-19(26)16-11-21-17-4-2-3-9-25(16)17;5-3-4-1-2-4;/h2-6,9-11,13H,7-8H2,1H3,(H,22,26);4-5H,1-3H2;1H4. The number of aryl methyl sites for hydroxylation is 1. The third-order valence-corrected chi connectivity index (χ3v) is 5.72. The van der Waals surface area contributed by atoms with Crippen LogP contribution in [-0.2, 0) is 0 Å². The fourth-order valence-electron chi connectivity index (χ4n) is 3.33. The zero-order chi connectivity index (χ0) is 22.1. The number of pyridine rings is 1. The van der Waals surface area contributed by atoms with E-state index < -0.39 is 0 Å². The zero-order valence-electron chi connectivity index (χ0n) is 17.9. The number of hydrogen-bond donors (Lipinski definition) is 2. The minimum atomic E-state index is -0.222. The van der Waals surface area contributed by atoms with Crippen molar-refractivity contribution >= 4 is 17.2 Å². The number of aromatic nitrogens is 4. The number of aliphatic hydroxyl groups is 1. The Morgan fingerprint density at radius 1 is 1.21 bits per heavy atom. The summed E-state index contributed by atoms with van der Waals surface area (Å²) in [5.74, 6) is 2.12. The Kier molecular flexibility index (Phi) is 6.55. The molecule has 6 rings (SSSR count). The summed E-state index contributed by atoms with van der Waals surface area (Å²) in [6.45, 7) is 2.36. The molecule has 0 saturated heterocycles. The summed E-state index contributed by atoms with van der Waals surface area (Å²) < 4.78 is 7.10. The second-order valence-electron chi connectivity index (χ2n) is 8.41. The van der Waals surface area contributed by atoms with E-state index in [0.29, 0.717) is 41.5 Å². The lowest BCUT2D eigenvalue weighted by molar-refractivity contribution is 0.102. The Labute approximate surface area is 192 Å². The fraction of sp³-hybridized carbons (Fsp3) is 0.360. The summed E-state index contributed by atoms with van der Waals surface area (Å²) in [5.41, 5.74) is 3.68. The Balaban J connectivity index is 0.000000385. The molecule has 3 aromatic heterocycles. The average molecular weight is 448 g/mol. The highest BCUT2D eigenvalue weighted by molar-refractivity contribution is 6.04. The number of benzene rings is 1. The van der Waals surface area contributed by atoms with E-state index in [1.54, 1.807) is 10.6 Å². The maximum absolute atomic E-state index is 12.8. The molecule has 1 aromatic carbocycles. The molecule has 33 heavy (non-hydrogen) atoms. The molecule has 2 fully saturated rings. The van der Waals surface area contributed by atoms with E-state index in [4.69, 9.17) is 9.63 Å². The van der Waals surface area contributed by atoms with Crippen molar-refractivity contribution in [2.75, 3.05) is 11.9 Å². The molecule has 0 atom stereocenters. The predicted octanol–water partition coefficient (Wildman–Crippen LogP) is 4.85. The number of aliphatic hydroxyl groups excluding tert-OH is 1. The highest BCUT2D eigenvalue weighted by Gasteiger charge is 2.29. The average Bonchev–Trinajstić information content (AvgIpc) is 3.74. The van der Waals surface area contributed by atoms with Crippen LogP contribution in [0.25, 0.3) is 17.0 Å². The summed E-state index contributed by atoms with van der Waals surface area (Å²) >= 11 is 0. The Bertz CT molecular complexity index is 1250. The first kappa shape index (κ1) is 22.7. The van der Waals surface area contributed by atoms with Gasteiger partial charge in [0.15, 0.2) is 0 Å². The quantitative estimate of drug-likeness (QED) is 0.453. The number of nitrogens with zero attached hydrogens (tertiary/aromatic N) is 4. The molecule has 0 radical (unpaired) electrons. The maximum atomic E-state index is 12.8. The molecule has 2 aliphatic rings. The first-order chi connectivity index (χ1) is 15.6. The van der Waals surface area contributed by atoms with Crippen LogP contribution in [0.1, 0.15) is 61.0 Å². The van der Waals surface area contributed by atoms with Gasteiger partial charge in [0.1, 0.15) is 11.3 Å². The number of amides is 1. The molecule has 3 heterocycles. The number of rotatable bonds is 5. The van der Waals surface area contributed by atoms with E-state index in [-0.39, 0.29) is 13.3 Å². The minimum Gasteiger partial charge on any atom is -0.396 e. The van der Waals surface area contributed by atoms with Crippen molar-refractivity contribution in [3.05, 3.63) is 65.9 Å². The van der Waals surface area contributed by atoms with Crippen molar-refractivity contribution in [1.29, 1.82) is 0 Å². The molecule has 2 aliphatic carbocycles. The summed E-state index contributed by atoms with van der Waals surface area (Å²) in [7, 11) is 0. The van der Waals surface area contributed by atoms with Gasteiger partial charge in [-0.05, 0) is 62.3 Å². The first-order valence-corrected chi connectivity index (χ1v) is 10.9. The van der Waals surface area contributed by atoms with Gasteiger partial charge in [0.25, 0.3) is 5.91 Å². The Morgan fingerprint density at radius 3 is 2.73 bits per heavy atom. The van der Waals surface area contributed by atoms with E-state index >= 15 is 0 Å². The normalized spacial score (nSPS) is 14.8. The number of hydrogen-bond acceptors (Lipinski definition) is 6. The highest BCUT2D eigenvalue weighted by atomic mass is 16.5. The number of fused-ring (bicyclic) bond motifs is 1. The van der Waals surface area contributed by atoms with Gasteiger partial charge in [-0.3, -0.25) is 9.20 Å². The van der Waals surface area contributed by atoms with Crippen LogP contribution in [0.4, 0.5) is 5.69 Å². The molecular formula is C25H29N5O3. The molecular weight excluding hydrogens is 418 g/mol. The van der Waals surface area contributed by atoms with E-state index in [9.17, 15) is 4.79 Å². The number of nitrogens with one attached hydrogen (secondary N) is 1. The van der Waals surface area contributed by atoms with Crippen LogP contribution >= 0.6 is 0 Å². The van der Waals surface area contributed by atoms with E-state index in [0.717, 1.165) is 29.6 Å². The Morgan fingerprint density at radius 2 is 2.03 bits per heavy atom. The van der Waals surface area contributed by atoms with Gasteiger partial charge in [0.2, 0.25) is 11.7 Å². The van der Waals surface area contributed by atoms with Gasteiger partial charge in [0.05, 0.1) is 6.20 Å². The second-order valence-corrected chi connectivity index (χ2v) is 8.41. The molecule has 0 unspecified atom stereocenters. The van der Waals surface area contributed by atoms with Gasteiger partial charge >= 0.3 is 0 Å². The van der Waals surface area contributed by atoms with Gasteiger partial charge in [-0.25, -0.2) is 4.98 Å². The summed E-state index contributed by atoms with van der Waals surface area (Å²) in [6.07, 6.45) is 8.13. The van der Waals surface area contributed by atoms with Crippen LogP contribution in [0.15, 0.2) is 53.3 Å².